The van der Waals surface area contributed by atoms with Crippen molar-refractivity contribution in [2.75, 3.05) is 25.4 Å². The number of nitriles is 1. The number of nitrogens with two attached hydrogens (primary N) is 1. The van der Waals surface area contributed by atoms with Crippen LogP contribution in [-0.4, -0.2) is 54.3 Å². The molecule has 3 N–H and O–H groups in total. The summed E-state index contributed by atoms with van der Waals surface area (Å²) in [6, 6.07) is 11.4. The van der Waals surface area contributed by atoms with Crippen molar-refractivity contribution in [2.45, 2.75) is 38.9 Å². The minimum absolute atomic E-state index is 0.140. The normalized spacial score (nSPS) is 20.4. The molecule has 156 valence electrons. The van der Waals surface area contributed by atoms with Crippen LogP contribution < -0.4 is 10.5 Å². The molecular weight excluding hydrogens is 392 g/mol. The quantitative estimate of drug-likeness (QED) is 0.651. The molecule has 29 heavy (non-hydrogen) atoms. The van der Waals surface area contributed by atoms with Crippen LogP contribution in [0.25, 0.3) is 5.69 Å². The molecule has 1 aromatic carbocycles. The van der Waals surface area contributed by atoms with E-state index in [0.717, 1.165) is 5.69 Å². The predicted octanol–water partition coefficient (Wildman–Crippen LogP) is 1.20. The SMILES string of the molecule is CC1CN(S(=O)(=O)NCCCc2nn(-c3ccccc3)c(N)c2C#N)CC(C)O1. The molecule has 1 aromatic heterocycles. The van der Waals surface area contributed by atoms with Crippen molar-refractivity contribution in [1.29, 1.82) is 5.26 Å². The van der Waals surface area contributed by atoms with Crippen molar-refractivity contribution in [1.82, 2.24) is 18.8 Å². The fourth-order valence-electron chi connectivity index (χ4n) is 3.42. The number of morpholine rings is 1. The molecule has 2 heterocycles. The second-order valence-electron chi connectivity index (χ2n) is 7.14. The molecule has 1 aliphatic heterocycles. The van der Waals surface area contributed by atoms with Crippen LogP contribution in [-0.2, 0) is 21.4 Å². The molecule has 2 aromatic rings. The largest absolute Gasteiger partial charge is 0.382 e. The summed E-state index contributed by atoms with van der Waals surface area (Å²) in [5.74, 6) is 0.283. The number of benzene rings is 1. The zero-order chi connectivity index (χ0) is 21.0. The third-order valence-electron chi connectivity index (χ3n) is 4.71. The van der Waals surface area contributed by atoms with Crippen LogP contribution in [0.5, 0.6) is 0 Å². The van der Waals surface area contributed by atoms with Crippen molar-refractivity contribution in [3.63, 3.8) is 0 Å². The Hall–Kier alpha value is -2.45. The average molecular weight is 419 g/mol. The molecular formula is C19H26N6O3S. The van der Waals surface area contributed by atoms with Crippen molar-refractivity contribution in [3.8, 4) is 11.8 Å². The van der Waals surface area contributed by atoms with E-state index in [0.29, 0.717) is 37.2 Å². The predicted molar refractivity (Wildman–Crippen MR) is 110 cm³/mol. The molecule has 1 aliphatic rings. The maximum absolute atomic E-state index is 12.5. The number of hydrogen-bond donors (Lipinski definition) is 2. The van der Waals surface area contributed by atoms with Crippen LogP contribution in [0.1, 0.15) is 31.5 Å². The van der Waals surface area contributed by atoms with E-state index in [9.17, 15) is 13.7 Å². The van der Waals surface area contributed by atoms with Crippen molar-refractivity contribution in [3.05, 3.63) is 41.6 Å². The highest BCUT2D eigenvalue weighted by Crippen LogP contribution is 2.21. The summed E-state index contributed by atoms with van der Waals surface area (Å²) in [5.41, 5.74) is 7.74. The van der Waals surface area contributed by atoms with Gasteiger partial charge in [-0.05, 0) is 38.8 Å². The molecule has 9 nitrogen and oxygen atoms in total. The molecule has 0 bridgehead atoms. The molecule has 1 fully saturated rings. The second kappa shape index (κ2) is 8.92. The number of para-hydroxylation sites is 1. The van der Waals surface area contributed by atoms with E-state index in [1.165, 1.54) is 8.99 Å². The molecule has 0 radical (unpaired) electrons. The molecule has 3 rings (SSSR count). The smallest absolute Gasteiger partial charge is 0.279 e. The van der Waals surface area contributed by atoms with Crippen LogP contribution in [0, 0.1) is 11.3 Å². The van der Waals surface area contributed by atoms with Crippen LogP contribution in [0.4, 0.5) is 5.82 Å². The topological polar surface area (TPSA) is 126 Å². The Morgan fingerprint density at radius 1 is 1.28 bits per heavy atom. The summed E-state index contributed by atoms with van der Waals surface area (Å²) in [4.78, 5) is 0. The molecule has 2 unspecified atom stereocenters. The number of rotatable bonds is 7. The zero-order valence-electron chi connectivity index (χ0n) is 16.6. The number of hydrogen-bond acceptors (Lipinski definition) is 6. The number of nitrogen functional groups attached to an aromatic ring is 1. The van der Waals surface area contributed by atoms with E-state index in [4.69, 9.17) is 10.5 Å². The van der Waals surface area contributed by atoms with Crippen LogP contribution in [0.15, 0.2) is 30.3 Å². The summed E-state index contributed by atoms with van der Waals surface area (Å²) in [6.07, 6.45) is 0.650. The van der Waals surface area contributed by atoms with Crippen LogP contribution in [0.3, 0.4) is 0 Å². The summed E-state index contributed by atoms with van der Waals surface area (Å²) in [5, 5.41) is 13.9. The number of nitrogens with one attached hydrogen (secondary N) is 1. The third kappa shape index (κ3) is 4.94. The highest BCUT2D eigenvalue weighted by atomic mass is 32.2. The Balaban J connectivity index is 1.61. The highest BCUT2D eigenvalue weighted by molar-refractivity contribution is 7.87. The van der Waals surface area contributed by atoms with Gasteiger partial charge in [0.15, 0.2) is 0 Å². The molecule has 1 saturated heterocycles. The minimum Gasteiger partial charge on any atom is -0.382 e. The average Bonchev–Trinajstić information content (AvgIpc) is 3.00. The van der Waals surface area contributed by atoms with E-state index in [1.54, 1.807) is 0 Å². The van der Waals surface area contributed by atoms with E-state index in [-0.39, 0.29) is 24.6 Å². The Labute approximate surface area is 171 Å². The van der Waals surface area contributed by atoms with Gasteiger partial charge in [-0.15, -0.1) is 0 Å². The van der Waals surface area contributed by atoms with E-state index in [1.807, 2.05) is 44.2 Å². The molecule has 0 amide bonds. The lowest BCUT2D eigenvalue weighted by molar-refractivity contribution is -0.0443. The van der Waals surface area contributed by atoms with Crippen molar-refractivity contribution >= 4 is 16.0 Å². The summed E-state index contributed by atoms with van der Waals surface area (Å²) >= 11 is 0. The van der Waals surface area contributed by atoms with Gasteiger partial charge < -0.3 is 10.5 Å². The molecule has 10 heteroatoms. The van der Waals surface area contributed by atoms with Crippen LogP contribution >= 0.6 is 0 Å². The molecule has 0 saturated carbocycles. The highest BCUT2D eigenvalue weighted by Gasteiger charge is 2.30. The van der Waals surface area contributed by atoms with Gasteiger partial charge in [0, 0.05) is 19.6 Å². The Morgan fingerprint density at radius 3 is 2.55 bits per heavy atom. The first-order valence-corrected chi connectivity index (χ1v) is 11.0. The lowest BCUT2D eigenvalue weighted by atomic mass is 10.1. The fourth-order valence-corrected chi connectivity index (χ4v) is 4.81. The van der Waals surface area contributed by atoms with Gasteiger partial charge in [0.1, 0.15) is 17.5 Å². The number of nitrogens with zero attached hydrogens (tertiary/aromatic N) is 4. The molecule has 0 spiro atoms. The maximum Gasteiger partial charge on any atom is 0.279 e. The van der Waals surface area contributed by atoms with Gasteiger partial charge in [-0.25, -0.2) is 9.40 Å². The first-order chi connectivity index (χ1) is 13.8. The number of ether oxygens (including phenoxy) is 1. The standard InChI is InChI=1S/C19H26N6O3S/c1-14-12-24(13-15(2)28-14)29(26,27)22-10-6-9-18-17(11-20)19(21)25(23-18)16-7-4-3-5-8-16/h3-5,7-8,14-15,22H,6,9-10,12-13,21H2,1-2H3. The lowest BCUT2D eigenvalue weighted by Gasteiger charge is -2.34. The summed E-state index contributed by atoms with van der Waals surface area (Å²) < 4.78 is 36.2. The molecule has 2 atom stereocenters. The van der Waals surface area contributed by atoms with Gasteiger partial charge in [0.05, 0.1) is 23.6 Å². The Morgan fingerprint density at radius 2 is 1.93 bits per heavy atom. The Bertz CT molecular complexity index is 973. The van der Waals surface area contributed by atoms with Crippen LogP contribution in [0.2, 0.25) is 0 Å². The number of aromatic nitrogens is 2. The maximum atomic E-state index is 12.5. The first kappa shape index (κ1) is 21.3. The van der Waals surface area contributed by atoms with Crippen molar-refractivity contribution in [2.24, 2.45) is 0 Å². The second-order valence-corrected chi connectivity index (χ2v) is 8.90. The monoisotopic (exact) mass is 418 g/mol. The van der Waals surface area contributed by atoms with E-state index >= 15 is 0 Å². The van der Waals surface area contributed by atoms with Gasteiger partial charge in [0.25, 0.3) is 10.2 Å². The zero-order valence-corrected chi connectivity index (χ0v) is 17.4. The first-order valence-electron chi connectivity index (χ1n) is 9.55. The third-order valence-corrected chi connectivity index (χ3v) is 6.25. The van der Waals surface area contributed by atoms with Gasteiger partial charge in [-0.2, -0.15) is 23.1 Å². The van der Waals surface area contributed by atoms with Gasteiger partial charge in [-0.1, -0.05) is 18.2 Å². The molecule has 0 aliphatic carbocycles. The van der Waals surface area contributed by atoms with Gasteiger partial charge in [0.2, 0.25) is 0 Å². The minimum atomic E-state index is -3.58. The lowest BCUT2D eigenvalue weighted by Crippen LogP contribution is -2.52. The van der Waals surface area contributed by atoms with Gasteiger partial charge >= 0.3 is 0 Å². The number of aryl methyl sites for hydroxylation is 1. The number of anilines is 1. The fraction of sp³-hybridized carbons (Fsp3) is 0.474. The summed E-state index contributed by atoms with van der Waals surface area (Å²) in [6.45, 7) is 4.61. The summed E-state index contributed by atoms with van der Waals surface area (Å²) in [7, 11) is -3.58. The van der Waals surface area contributed by atoms with E-state index in [2.05, 4.69) is 15.9 Å². The Kier molecular flexibility index (Phi) is 6.54. The van der Waals surface area contributed by atoms with E-state index < -0.39 is 10.2 Å². The van der Waals surface area contributed by atoms with Crippen molar-refractivity contribution < 1.29 is 13.2 Å². The van der Waals surface area contributed by atoms with Gasteiger partial charge in [-0.3, -0.25) is 0 Å².